The van der Waals surface area contributed by atoms with Crippen LogP contribution in [0.15, 0.2) is 65.1 Å². The molecule has 218 valence electrons. The summed E-state index contributed by atoms with van der Waals surface area (Å²) >= 11 is 1.03. The number of pyridine rings is 1. The maximum absolute atomic E-state index is 13.8. The van der Waals surface area contributed by atoms with E-state index in [-0.39, 0.29) is 42.0 Å². The highest BCUT2D eigenvalue weighted by molar-refractivity contribution is 7.91. The molecule has 2 amide bonds. The predicted octanol–water partition coefficient (Wildman–Crippen LogP) is 3.36. The van der Waals surface area contributed by atoms with Crippen molar-refractivity contribution in [3.8, 4) is 10.4 Å². The smallest absolute Gasteiger partial charge is 0.263 e. The van der Waals surface area contributed by atoms with Gasteiger partial charge in [-0.3, -0.25) is 14.6 Å². The minimum atomic E-state index is -4.12. The van der Waals surface area contributed by atoms with Gasteiger partial charge < -0.3 is 9.64 Å². The maximum atomic E-state index is 13.8. The molecule has 0 saturated carbocycles. The predicted molar refractivity (Wildman–Crippen MR) is 149 cm³/mol. The van der Waals surface area contributed by atoms with Crippen LogP contribution in [0.3, 0.4) is 0 Å². The quantitative estimate of drug-likeness (QED) is 0.373. The Bertz CT molecular complexity index is 1450. The molecule has 0 bridgehead atoms. The Morgan fingerprint density at radius 1 is 1.12 bits per heavy atom. The molecule has 13 heteroatoms. The van der Waals surface area contributed by atoms with Crippen LogP contribution in [-0.2, 0) is 35.6 Å². The van der Waals surface area contributed by atoms with Gasteiger partial charge in [-0.15, -0.1) is 11.3 Å². The fraction of sp³-hybridized carbons (Fsp3) is 0.393. The first-order valence-corrected chi connectivity index (χ1v) is 15.7. The van der Waals surface area contributed by atoms with Gasteiger partial charge in [0.15, 0.2) is 6.29 Å². The Kier molecular flexibility index (Phi) is 9.40. The Balaban J connectivity index is 1.33. The van der Waals surface area contributed by atoms with E-state index in [2.05, 4.69) is 10.5 Å². The van der Waals surface area contributed by atoms with Crippen molar-refractivity contribution in [1.82, 2.24) is 19.7 Å². The molecule has 2 aliphatic heterocycles. The average molecular weight is 603 g/mol. The number of carbonyl (C=O) groups excluding carboxylic acids is 2. The van der Waals surface area contributed by atoms with Crippen LogP contribution in [0.2, 0.25) is 0 Å². The molecule has 2 atom stereocenters. The molecule has 0 spiro atoms. The number of carbonyl (C=O) groups is 2. The third kappa shape index (κ3) is 7.16. The van der Waals surface area contributed by atoms with Crippen LogP contribution in [0.4, 0.5) is 4.39 Å². The Labute approximate surface area is 242 Å². The Morgan fingerprint density at radius 3 is 2.68 bits per heavy atom. The average Bonchev–Trinajstić information content (AvgIpc) is 3.51. The molecule has 10 nitrogen and oxygen atoms in total. The van der Waals surface area contributed by atoms with Crippen LogP contribution in [0.1, 0.15) is 31.2 Å². The van der Waals surface area contributed by atoms with Crippen molar-refractivity contribution in [2.24, 2.45) is 0 Å². The number of halogens is 1. The first-order valence-electron chi connectivity index (χ1n) is 13.4. The molecular formula is C28H31FN4O6S2. The van der Waals surface area contributed by atoms with Crippen LogP contribution in [0.25, 0.3) is 10.4 Å². The minimum Gasteiger partial charge on any atom is -0.350 e. The fourth-order valence-electron chi connectivity index (χ4n) is 4.79. The van der Waals surface area contributed by atoms with Crippen molar-refractivity contribution in [3.05, 3.63) is 72.3 Å². The van der Waals surface area contributed by atoms with Crippen molar-refractivity contribution in [2.45, 2.75) is 48.6 Å². The summed E-state index contributed by atoms with van der Waals surface area (Å²) in [6.45, 7) is 0.459. The number of amides is 2. The van der Waals surface area contributed by atoms with Crippen molar-refractivity contribution >= 4 is 33.2 Å². The molecule has 0 radical (unpaired) electrons. The monoisotopic (exact) mass is 602 g/mol. The molecule has 1 N–H and O–H groups in total. The van der Waals surface area contributed by atoms with Crippen molar-refractivity contribution in [2.75, 3.05) is 26.2 Å². The van der Waals surface area contributed by atoms with Crippen LogP contribution >= 0.6 is 11.3 Å². The number of rotatable bonds is 9. The molecular weight excluding hydrogens is 571 g/mol. The molecule has 2 saturated heterocycles. The van der Waals surface area contributed by atoms with E-state index in [4.69, 9.17) is 9.57 Å². The maximum Gasteiger partial charge on any atom is 0.263 e. The number of hydrogen-bond acceptors (Lipinski definition) is 8. The summed E-state index contributed by atoms with van der Waals surface area (Å²) in [5, 5.41) is 0. The van der Waals surface area contributed by atoms with Gasteiger partial charge >= 0.3 is 0 Å². The summed E-state index contributed by atoms with van der Waals surface area (Å²) in [5.74, 6) is -1.25. The number of ether oxygens (including phenoxy) is 1. The zero-order valence-electron chi connectivity index (χ0n) is 22.3. The largest absolute Gasteiger partial charge is 0.350 e. The van der Waals surface area contributed by atoms with Gasteiger partial charge in [0.25, 0.3) is 15.9 Å². The molecule has 1 aromatic carbocycles. The van der Waals surface area contributed by atoms with E-state index in [1.54, 1.807) is 36.7 Å². The third-order valence-corrected chi connectivity index (χ3v) is 10.5. The molecule has 1 unspecified atom stereocenters. The molecule has 5 rings (SSSR count). The second-order valence-corrected chi connectivity index (χ2v) is 13.0. The second kappa shape index (κ2) is 13.2. The zero-order valence-corrected chi connectivity index (χ0v) is 23.9. The molecule has 2 fully saturated rings. The highest BCUT2D eigenvalue weighted by Gasteiger charge is 2.42. The summed E-state index contributed by atoms with van der Waals surface area (Å²) in [5.41, 5.74) is 3.97. The number of sulfonamides is 1. The number of benzene rings is 1. The lowest BCUT2D eigenvalue weighted by atomic mass is 10.1. The summed E-state index contributed by atoms with van der Waals surface area (Å²) < 4.78 is 47.7. The summed E-state index contributed by atoms with van der Waals surface area (Å²) in [7, 11) is -4.12. The lowest BCUT2D eigenvalue weighted by Crippen LogP contribution is -2.61. The first kappa shape index (κ1) is 29.3. The van der Waals surface area contributed by atoms with Crippen LogP contribution in [-0.4, -0.2) is 73.0 Å². The lowest BCUT2D eigenvalue weighted by molar-refractivity contribution is -0.202. The van der Waals surface area contributed by atoms with E-state index in [1.165, 1.54) is 23.1 Å². The lowest BCUT2D eigenvalue weighted by Gasteiger charge is -2.39. The number of hydroxylamine groups is 1. The van der Waals surface area contributed by atoms with Gasteiger partial charge in [0.05, 0.1) is 0 Å². The number of hydrogen-bond donors (Lipinski definition) is 1. The normalized spacial score (nSPS) is 20.1. The Hall–Kier alpha value is -3.23. The number of nitrogens with one attached hydrogen (secondary N) is 1. The third-order valence-electron chi connectivity index (χ3n) is 7.04. The Morgan fingerprint density at radius 2 is 1.95 bits per heavy atom. The number of aryl methyl sites for hydroxylation is 1. The van der Waals surface area contributed by atoms with Gasteiger partial charge in [-0.2, -0.15) is 4.31 Å². The number of piperazine rings is 1. The van der Waals surface area contributed by atoms with Gasteiger partial charge in [-0.1, -0.05) is 18.2 Å². The summed E-state index contributed by atoms with van der Waals surface area (Å²) in [4.78, 5) is 38.1. The van der Waals surface area contributed by atoms with E-state index in [1.807, 2.05) is 6.07 Å². The number of thiophene rings is 1. The fourth-order valence-corrected chi connectivity index (χ4v) is 7.80. The van der Waals surface area contributed by atoms with E-state index in [0.29, 0.717) is 29.9 Å². The first-order chi connectivity index (χ1) is 19.8. The van der Waals surface area contributed by atoms with Gasteiger partial charge in [-0.25, -0.2) is 23.1 Å². The van der Waals surface area contributed by atoms with E-state index >= 15 is 0 Å². The van der Waals surface area contributed by atoms with E-state index in [0.717, 1.165) is 34.0 Å². The minimum absolute atomic E-state index is 0.0440. The van der Waals surface area contributed by atoms with Crippen LogP contribution in [0, 0.1) is 5.82 Å². The van der Waals surface area contributed by atoms with Gasteiger partial charge in [0.2, 0.25) is 5.91 Å². The molecule has 2 aromatic heterocycles. The van der Waals surface area contributed by atoms with E-state index in [9.17, 15) is 22.4 Å². The standard InChI is InChI=1S/C28H31FN4O6S2/c29-22-9-7-21(8-10-22)24-11-13-27(40-24)41(36,37)33-16-15-32(25(34)12-6-20-4-3-14-30-18-20)19-23(33)28(35)31-39-26-5-1-2-17-38-26/h3-4,7-11,13-14,18,23,26H,1-2,5-6,12,15-17,19H2,(H,31,35)/t23-,26?/m1/s1. The summed E-state index contributed by atoms with van der Waals surface area (Å²) in [6, 6.07) is 11.4. The van der Waals surface area contributed by atoms with Crippen molar-refractivity contribution in [1.29, 1.82) is 0 Å². The summed E-state index contributed by atoms with van der Waals surface area (Å²) in [6.07, 6.45) is 5.81. The van der Waals surface area contributed by atoms with Crippen molar-refractivity contribution in [3.63, 3.8) is 0 Å². The SMILES string of the molecule is O=C(NOC1CCCCO1)[C@H]1CN(C(=O)CCc2cccnc2)CCN1S(=O)(=O)c1ccc(-c2ccc(F)cc2)s1. The second-order valence-electron chi connectivity index (χ2n) is 9.84. The zero-order chi connectivity index (χ0) is 28.8. The molecule has 0 aliphatic carbocycles. The van der Waals surface area contributed by atoms with Crippen LogP contribution < -0.4 is 5.48 Å². The van der Waals surface area contributed by atoms with E-state index < -0.39 is 28.3 Å². The topological polar surface area (TPSA) is 118 Å². The molecule has 3 aromatic rings. The number of aromatic nitrogens is 1. The van der Waals surface area contributed by atoms with Crippen molar-refractivity contribution < 1.29 is 32.0 Å². The van der Waals surface area contributed by atoms with Gasteiger partial charge in [0.1, 0.15) is 16.1 Å². The molecule has 2 aliphatic rings. The highest BCUT2D eigenvalue weighted by Crippen LogP contribution is 2.34. The van der Waals surface area contributed by atoms with Gasteiger partial charge in [0, 0.05) is 56.4 Å². The number of nitrogens with zero attached hydrogens (tertiary/aromatic N) is 3. The van der Waals surface area contributed by atoms with Gasteiger partial charge in [-0.05, 0) is 60.7 Å². The molecule has 41 heavy (non-hydrogen) atoms. The highest BCUT2D eigenvalue weighted by atomic mass is 32.2. The van der Waals surface area contributed by atoms with Crippen LogP contribution in [0.5, 0.6) is 0 Å². The molecule has 4 heterocycles.